The number of pyridine rings is 1. The highest BCUT2D eigenvalue weighted by Crippen LogP contribution is 2.33. The van der Waals surface area contributed by atoms with Crippen LogP contribution in [0.5, 0.6) is 0 Å². The van der Waals surface area contributed by atoms with Crippen LogP contribution in [0.15, 0.2) is 48.8 Å². The summed E-state index contributed by atoms with van der Waals surface area (Å²) in [5, 5.41) is 15.1. The van der Waals surface area contributed by atoms with E-state index in [0.29, 0.717) is 18.8 Å². The number of carbonyl (C=O) groups is 1. The van der Waals surface area contributed by atoms with Gasteiger partial charge in [-0.25, -0.2) is 0 Å². The predicted molar refractivity (Wildman–Crippen MR) is 94.2 cm³/mol. The van der Waals surface area contributed by atoms with Crippen LogP contribution in [0.25, 0.3) is 10.9 Å². The number of amides is 1. The summed E-state index contributed by atoms with van der Waals surface area (Å²) in [5.74, 6) is 0.0695. The molecule has 1 fully saturated rings. The first-order valence-electron chi connectivity index (χ1n) is 8.41. The standard InChI is InChI=1S/C19H20N4O2/c1-22-17-5-3-2-4-15(17)18(21-22)19(25)23-10-14(12-24)16(11-23)13-6-8-20-9-7-13/h2-9,14,16,24H,10-12H2,1H3/t14-,16-/m0/s1. The predicted octanol–water partition coefficient (Wildman–Crippen LogP) is 1.82. The summed E-state index contributed by atoms with van der Waals surface area (Å²) < 4.78 is 1.74. The second-order valence-electron chi connectivity index (χ2n) is 6.53. The molecule has 0 aliphatic carbocycles. The fraction of sp³-hybridized carbons (Fsp3) is 0.316. The minimum Gasteiger partial charge on any atom is -0.396 e. The van der Waals surface area contributed by atoms with Gasteiger partial charge in [0, 0.05) is 56.4 Å². The first kappa shape index (κ1) is 15.8. The Hall–Kier alpha value is -2.73. The molecule has 6 heteroatoms. The summed E-state index contributed by atoms with van der Waals surface area (Å²) in [6, 6.07) is 11.7. The van der Waals surface area contributed by atoms with Crippen LogP contribution in [0.1, 0.15) is 22.0 Å². The number of hydrogen-bond donors (Lipinski definition) is 1. The van der Waals surface area contributed by atoms with Crippen LogP contribution in [0.4, 0.5) is 0 Å². The van der Waals surface area contributed by atoms with Crippen LogP contribution < -0.4 is 0 Å². The zero-order chi connectivity index (χ0) is 17.4. The van der Waals surface area contributed by atoms with Crippen molar-refractivity contribution in [3.8, 4) is 0 Å². The number of rotatable bonds is 3. The van der Waals surface area contributed by atoms with Gasteiger partial charge in [-0.2, -0.15) is 5.10 Å². The van der Waals surface area contributed by atoms with Gasteiger partial charge in [0.2, 0.25) is 0 Å². The summed E-state index contributed by atoms with van der Waals surface area (Å²) in [7, 11) is 1.85. The van der Waals surface area contributed by atoms with E-state index in [4.69, 9.17) is 0 Å². The maximum Gasteiger partial charge on any atom is 0.275 e. The van der Waals surface area contributed by atoms with Crippen molar-refractivity contribution in [2.24, 2.45) is 13.0 Å². The number of nitrogens with zero attached hydrogens (tertiary/aromatic N) is 4. The highest BCUT2D eigenvalue weighted by Gasteiger charge is 2.37. The van der Waals surface area contributed by atoms with Crippen molar-refractivity contribution in [1.82, 2.24) is 19.7 Å². The molecule has 1 aliphatic heterocycles. The third kappa shape index (κ3) is 2.68. The van der Waals surface area contributed by atoms with Gasteiger partial charge in [-0.05, 0) is 23.8 Å². The summed E-state index contributed by atoms with van der Waals surface area (Å²) in [4.78, 5) is 18.9. The van der Waals surface area contributed by atoms with Gasteiger partial charge < -0.3 is 10.0 Å². The lowest BCUT2D eigenvalue weighted by molar-refractivity contribution is 0.0776. The monoisotopic (exact) mass is 336 g/mol. The number of hydrogen-bond acceptors (Lipinski definition) is 4. The number of carbonyl (C=O) groups excluding carboxylic acids is 1. The smallest absolute Gasteiger partial charge is 0.275 e. The van der Waals surface area contributed by atoms with Crippen LogP contribution in [-0.2, 0) is 7.05 Å². The van der Waals surface area contributed by atoms with Crippen LogP contribution >= 0.6 is 0 Å². The van der Waals surface area contributed by atoms with E-state index >= 15 is 0 Å². The Kier molecular flexibility index (Phi) is 3.97. The Morgan fingerprint density at radius 1 is 1.20 bits per heavy atom. The molecule has 0 saturated carbocycles. The van der Waals surface area contributed by atoms with E-state index in [0.717, 1.165) is 16.5 Å². The lowest BCUT2D eigenvalue weighted by atomic mass is 9.90. The van der Waals surface area contributed by atoms with Crippen molar-refractivity contribution in [3.05, 3.63) is 60.0 Å². The van der Waals surface area contributed by atoms with E-state index in [2.05, 4.69) is 10.1 Å². The molecule has 25 heavy (non-hydrogen) atoms. The van der Waals surface area contributed by atoms with E-state index < -0.39 is 0 Å². The Balaban J connectivity index is 1.65. The van der Waals surface area contributed by atoms with Gasteiger partial charge in [0.15, 0.2) is 5.69 Å². The van der Waals surface area contributed by atoms with Gasteiger partial charge in [-0.3, -0.25) is 14.5 Å². The minimum absolute atomic E-state index is 0.0290. The van der Waals surface area contributed by atoms with E-state index in [9.17, 15) is 9.90 Å². The van der Waals surface area contributed by atoms with Gasteiger partial charge >= 0.3 is 0 Å². The number of aromatic nitrogens is 3. The van der Waals surface area contributed by atoms with Gasteiger partial charge in [0.1, 0.15) is 0 Å². The van der Waals surface area contributed by atoms with Crippen molar-refractivity contribution < 1.29 is 9.90 Å². The summed E-state index contributed by atoms with van der Waals surface area (Å²) in [6.07, 6.45) is 3.50. The molecule has 2 aromatic heterocycles. The fourth-order valence-corrected chi connectivity index (χ4v) is 3.73. The second kappa shape index (κ2) is 6.29. The van der Waals surface area contributed by atoms with E-state index in [-0.39, 0.29) is 24.3 Å². The fourth-order valence-electron chi connectivity index (χ4n) is 3.73. The molecule has 2 atom stereocenters. The number of fused-ring (bicyclic) bond motifs is 1. The number of likely N-dealkylation sites (tertiary alicyclic amines) is 1. The molecule has 0 radical (unpaired) electrons. The zero-order valence-corrected chi connectivity index (χ0v) is 14.0. The number of aliphatic hydroxyl groups excluding tert-OH is 1. The maximum atomic E-state index is 13.1. The van der Waals surface area contributed by atoms with Crippen LogP contribution in [-0.4, -0.2) is 50.4 Å². The van der Waals surface area contributed by atoms with Gasteiger partial charge in [-0.15, -0.1) is 0 Å². The van der Waals surface area contributed by atoms with Crippen molar-refractivity contribution in [3.63, 3.8) is 0 Å². The van der Waals surface area contributed by atoms with Gasteiger partial charge in [0.05, 0.1) is 5.52 Å². The lowest BCUT2D eigenvalue weighted by Gasteiger charge is -2.16. The van der Waals surface area contributed by atoms with E-state index in [1.54, 1.807) is 22.0 Å². The molecule has 1 saturated heterocycles. The Bertz CT molecular complexity index is 906. The molecule has 0 spiro atoms. The van der Waals surface area contributed by atoms with Crippen LogP contribution in [0.3, 0.4) is 0 Å². The Morgan fingerprint density at radius 3 is 2.72 bits per heavy atom. The number of benzene rings is 1. The summed E-state index contributed by atoms with van der Waals surface area (Å²) in [6.45, 7) is 1.17. The van der Waals surface area contributed by atoms with Gasteiger partial charge in [-0.1, -0.05) is 18.2 Å². The third-order valence-corrected chi connectivity index (χ3v) is 5.06. The molecule has 3 heterocycles. The van der Waals surface area contributed by atoms with Gasteiger partial charge in [0.25, 0.3) is 5.91 Å². The molecule has 0 bridgehead atoms. The zero-order valence-electron chi connectivity index (χ0n) is 14.0. The summed E-state index contributed by atoms with van der Waals surface area (Å²) in [5.41, 5.74) is 2.52. The normalized spacial score (nSPS) is 20.3. The Labute approximate surface area is 145 Å². The second-order valence-corrected chi connectivity index (χ2v) is 6.53. The number of aliphatic hydroxyl groups is 1. The molecule has 1 aliphatic rings. The SMILES string of the molecule is Cn1nc(C(=O)N2C[C@@H](CO)[C@H](c3ccncc3)C2)c2ccccc21. The average Bonchev–Trinajstić information content (AvgIpc) is 3.24. The first-order valence-corrected chi connectivity index (χ1v) is 8.41. The van der Waals surface area contributed by atoms with Crippen molar-refractivity contribution in [2.75, 3.05) is 19.7 Å². The molecule has 4 rings (SSSR count). The maximum absolute atomic E-state index is 13.1. The molecule has 1 amide bonds. The lowest BCUT2D eigenvalue weighted by Crippen LogP contribution is -2.29. The molecule has 3 aromatic rings. The highest BCUT2D eigenvalue weighted by molar-refractivity contribution is 6.05. The number of para-hydroxylation sites is 1. The van der Waals surface area contributed by atoms with E-state index in [1.807, 2.05) is 43.4 Å². The molecule has 0 unspecified atom stereocenters. The van der Waals surface area contributed by atoms with E-state index in [1.165, 1.54) is 0 Å². The topological polar surface area (TPSA) is 71.2 Å². The first-order chi connectivity index (χ1) is 12.2. The molecule has 1 N–H and O–H groups in total. The molecular formula is C19H20N4O2. The average molecular weight is 336 g/mol. The third-order valence-electron chi connectivity index (χ3n) is 5.06. The summed E-state index contributed by atoms with van der Waals surface area (Å²) >= 11 is 0. The minimum atomic E-state index is -0.0770. The van der Waals surface area contributed by atoms with Crippen LogP contribution in [0.2, 0.25) is 0 Å². The highest BCUT2D eigenvalue weighted by atomic mass is 16.3. The molecule has 128 valence electrons. The van der Waals surface area contributed by atoms with Crippen molar-refractivity contribution in [2.45, 2.75) is 5.92 Å². The number of aryl methyl sites for hydroxylation is 1. The van der Waals surface area contributed by atoms with Crippen molar-refractivity contribution in [1.29, 1.82) is 0 Å². The largest absolute Gasteiger partial charge is 0.396 e. The van der Waals surface area contributed by atoms with Crippen LogP contribution in [0, 0.1) is 5.92 Å². The van der Waals surface area contributed by atoms with Crippen molar-refractivity contribution >= 4 is 16.8 Å². The molecular weight excluding hydrogens is 316 g/mol. The molecule has 6 nitrogen and oxygen atoms in total. The Morgan fingerprint density at radius 2 is 1.96 bits per heavy atom. The molecule has 1 aromatic carbocycles. The quantitative estimate of drug-likeness (QED) is 0.792.